The standard InChI is InChI=1S/C12H13ClN2OS/c1-3-17-12-14-7-11(16)15(12)10-5-4-9(13)6-8(10)2/h4-6H,3,7H2,1-2H3. The van der Waals surface area contributed by atoms with E-state index in [0.29, 0.717) is 5.02 Å². The number of anilines is 1. The Morgan fingerprint density at radius 2 is 2.29 bits per heavy atom. The van der Waals surface area contributed by atoms with Crippen LogP contribution in [-0.4, -0.2) is 23.4 Å². The number of benzene rings is 1. The second kappa shape index (κ2) is 5.10. The van der Waals surface area contributed by atoms with Gasteiger partial charge in [0.25, 0.3) is 5.91 Å². The Morgan fingerprint density at radius 3 is 2.94 bits per heavy atom. The zero-order valence-corrected chi connectivity index (χ0v) is 11.3. The Kier molecular flexibility index (Phi) is 3.74. The summed E-state index contributed by atoms with van der Waals surface area (Å²) in [6.45, 7) is 4.23. The molecule has 0 aromatic heterocycles. The topological polar surface area (TPSA) is 32.7 Å². The molecule has 1 aromatic carbocycles. The van der Waals surface area contributed by atoms with Gasteiger partial charge in [-0.05, 0) is 36.4 Å². The third-order valence-electron chi connectivity index (χ3n) is 2.46. The van der Waals surface area contributed by atoms with Crippen molar-refractivity contribution in [2.45, 2.75) is 13.8 Å². The van der Waals surface area contributed by atoms with Gasteiger partial charge in [-0.25, -0.2) is 0 Å². The highest BCUT2D eigenvalue weighted by atomic mass is 35.5. The van der Waals surface area contributed by atoms with E-state index < -0.39 is 0 Å². The number of carbonyl (C=O) groups is 1. The van der Waals surface area contributed by atoms with Gasteiger partial charge in [-0.2, -0.15) is 0 Å². The molecular weight excluding hydrogens is 256 g/mol. The van der Waals surface area contributed by atoms with Crippen molar-refractivity contribution in [3.05, 3.63) is 28.8 Å². The second-order valence-corrected chi connectivity index (χ2v) is 5.36. The number of hydrogen-bond donors (Lipinski definition) is 0. The highest BCUT2D eigenvalue weighted by molar-refractivity contribution is 8.14. The van der Waals surface area contributed by atoms with Crippen LogP contribution in [0.3, 0.4) is 0 Å². The number of carbonyl (C=O) groups excluding carboxylic acids is 1. The highest BCUT2D eigenvalue weighted by Crippen LogP contribution is 2.28. The SMILES string of the molecule is CCSC1=NCC(=O)N1c1ccc(Cl)cc1C. The molecule has 5 heteroatoms. The van der Waals surface area contributed by atoms with E-state index in [-0.39, 0.29) is 12.5 Å². The van der Waals surface area contributed by atoms with Gasteiger partial charge in [0, 0.05) is 5.02 Å². The number of amidine groups is 1. The predicted molar refractivity (Wildman–Crippen MR) is 74.1 cm³/mol. The fourth-order valence-corrected chi connectivity index (χ4v) is 2.70. The smallest absolute Gasteiger partial charge is 0.254 e. The van der Waals surface area contributed by atoms with Gasteiger partial charge in [-0.15, -0.1) is 0 Å². The Balaban J connectivity index is 2.37. The quantitative estimate of drug-likeness (QED) is 0.826. The molecular formula is C12H13ClN2OS. The Bertz CT molecular complexity index is 487. The average molecular weight is 269 g/mol. The number of aliphatic imine (C=N–C) groups is 1. The van der Waals surface area contributed by atoms with Crippen molar-refractivity contribution < 1.29 is 4.79 Å². The summed E-state index contributed by atoms with van der Waals surface area (Å²) < 4.78 is 0. The average Bonchev–Trinajstić information content (AvgIpc) is 2.62. The van der Waals surface area contributed by atoms with E-state index in [1.165, 1.54) is 0 Å². The number of rotatable bonds is 2. The molecule has 1 amide bonds. The van der Waals surface area contributed by atoms with Crippen LogP contribution < -0.4 is 4.90 Å². The van der Waals surface area contributed by atoms with E-state index in [0.717, 1.165) is 22.2 Å². The summed E-state index contributed by atoms with van der Waals surface area (Å²) in [6, 6.07) is 5.52. The molecule has 0 unspecified atom stereocenters. The van der Waals surface area contributed by atoms with Crippen LogP contribution in [-0.2, 0) is 4.79 Å². The maximum Gasteiger partial charge on any atom is 0.254 e. The van der Waals surface area contributed by atoms with E-state index in [4.69, 9.17) is 11.6 Å². The summed E-state index contributed by atoms with van der Waals surface area (Å²) in [5.41, 5.74) is 1.86. The summed E-state index contributed by atoms with van der Waals surface area (Å²) in [5, 5.41) is 1.46. The van der Waals surface area contributed by atoms with E-state index in [9.17, 15) is 4.79 Å². The minimum Gasteiger partial charge on any atom is -0.272 e. The molecule has 1 aliphatic rings. The van der Waals surface area contributed by atoms with Crippen LogP contribution in [0.2, 0.25) is 5.02 Å². The Labute approximate surface area is 110 Å². The van der Waals surface area contributed by atoms with Crippen LogP contribution in [0, 0.1) is 6.92 Å². The molecule has 17 heavy (non-hydrogen) atoms. The second-order valence-electron chi connectivity index (χ2n) is 3.69. The van der Waals surface area contributed by atoms with Crippen LogP contribution in [0.15, 0.2) is 23.2 Å². The molecule has 0 spiro atoms. The van der Waals surface area contributed by atoms with Crippen LogP contribution in [0.5, 0.6) is 0 Å². The first-order valence-corrected chi connectivity index (χ1v) is 6.76. The number of hydrogen-bond acceptors (Lipinski definition) is 3. The van der Waals surface area contributed by atoms with Crippen molar-refractivity contribution >= 4 is 40.1 Å². The Hall–Kier alpha value is -1.00. The van der Waals surface area contributed by atoms with Crippen LogP contribution in [0.25, 0.3) is 0 Å². The fraction of sp³-hybridized carbons (Fsp3) is 0.333. The van der Waals surface area contributed by atoms with Crippen LogP contribution in [0.1, 0.15) is 12.5 Å². The molecule has 1 aromatic rings. The third-order valence-corrected chi connectivity index (χ3v) is 3.56. The minimum atomic E-state index is 0.0198. The molecule has 0 fully saturated rings. The van der Waals surface area contributed by atoms with E-state index in [1.807, 2.05) is 26.0 Å². The molecule has 3 nitrogen and oxygen atoms in total. The largest absolute Gasteiger partial charge is 0.272 e. The summed E-state index contributed by atoms with van der Waals surface area (Å²) in [7, 11) is 0. The van der Waals surface area contributed by atoms with Gasteiger partial charge in [0.1, 0.15) is 6.54 Å². The fourth-order valence-electron chi connectivity index (χ4n) is 1.73. The molecule has 0 atom stereocenters. The lowest BCUT2D eigenvalue weighted by molar-refractivity contribution is -0.115. The van der Waals surface area contributed by atoms with E-state index >= 15 is 0 Å². The first-order chi connectivity index (χ1) is 8.13. The van der Waals surface area contributed by atoms with Crippen LogP contribution in [0.4, 0.5) is 5.69 Å². The van der Waals surface area contributed by atoms with Gasteiger partial charge in [-0.1, -0.05) is 30.3 Å². The number of halogens is 1. The molecule has 0 aliphatic carbocycles. The van der Waals surface area contributed by atoms with Crippen LogP contribution >= 0.6 is 23.4 Å². The van der Waals surface area contributed by atoms with E-state index in [2.05, 4.69) is 4.99 Å². The lowest BCUT2D eigenvalue weighted by Gasteiger charge is -2.19. The molecule has 1 heterocycles. The molecule has 0 N–H and O–H groups in total. The lowest BCUT2D eigenvalue weighted by atomic mass is 10.2. The van der Waals surface area contributed by atoms with E-state index in [1.54, 1.807) is 22.7 Å². The zero-order valence-electron chi connectivity index (χ0n) is 9.74. The number of amides is 1. The normalized spacial score (nSPS) is 15.4. The molecule has 90 valence electrons. The molecule has 0 saturated carbocycles. The minimum absolute atomic E-state index is 0.0198. The van der Waals surface area contributed by atoms with Crippen molar-refractivity contribution in [2.75, 3.05) is 17.2 Å². The molecule has 0 radical (unpaired) electrons. The van der Waals surface area contributed by atoms with Crippen molar-refractivity contribution in [3.8, 4) is 0 Å². The summed E-state index contributed by atoms with van der Waals surface area (Å²) >= 11 is 7.50. The lowest BCUT2D eigenvalue weighted by Crippen LogP contribution is -2.31. The van der Waals surface area contributed by atoms with Gasteiger partial charge >= 0.3 is 0 Å². The molecule has 2 rings (SSSR count). The summed E-state index contributed by atoms with van der Waals surface area (Å²) in [6.07, 6.45) is 0. The maximum atomic E-state index is 11.9. The first kappa shape index (κ1) is 12.5. The monoisotopic (exact) mass is 268 g/mol. The third kappa shape index (κ3) is 2.48. The summed E-state index contributed by atoms with van der Waals surface area (Å²) in [4.78, 5) is 17.8. The zero-order chi connectivity index (χ0) is 12.4. The van der Waals surface area contributed by atoms with Crippen molar-refractivity contribution in [3.63, 3.8) is 0 Å². The summed E-state index contributed by atoms with van der Waals surface area (Å²) in [5.74, 6) is 0.918. The van der Waals surface area contributed by atoms with Gasteiger partial charge < -0.3 is 0 Å². The number of nitrogens with zero attached hydrogens (tertiary/aromatic N) is 2. The van der Waals surface area contributed by atoms with Gasteiger partial charge in [0.15, 0.2) is 5.17 Å². The number of aryl methyl sites for hydroxylation is 1. The van der Waals surface area contributed by atoms with Crippen molar-refractivity contribution in [1.82, 2.24) is 0 Å². The number of thioether (sulfide) groups is 1. The first-order valence-electron chi connectivity index (χ1n) is 5.40. The molecule has 0 saturated heterocycles. The van der Waals surface area contributed by atoms with Gasteiger partial charge in [0.2, 0.25) is 0 Å². The van der Waals surface area contributed by atoms with Crippen molar-refractivity contribution in [2.24, 2.45) is 4.99 Å². The molecule has 1 aliphatic heterocycles. The molecule has 0 bridgehead atoms. The van der Waals surface area contributed by atoms with Crippen molar-refractivity contribution in [1.29, 1.82) is 0 Å². The Morgan fingerprint density at radius 1 is 1.53 bits per heavy atom. The highest BCUT2D eigenvalue weighted by Gasteiger charge is 2.27. The van der Waals surface area contributed by atoms with Gasteiger partial charge in [-0.3, -0.25) is 14.7 Å². The predicted octanol–water partition coefficient (Wildman–Crippen LogP) is 3.10. The maximum absolute atomic E-state index is 11.9. The van der Waals surface area contributed by atoms with Gasteiger partial charge in [0.05, 0.1) is 5.69 Å².